The van der Waals surface area contributed by atoms with Gasteiger partial charge in [0, 0.05) is 28.4 Å². The summed E-state index contributed by atoms with van der Waals surface area (Å²) >= 11 is 0. The van der Waals surface area contributed by atoms with Crippen molar-refractivity contribution < 1.29 is 9.47 Å². The van der Waals surface area contributed by atoms with Crippen molar-refractivity contribution in [1.29, 1.82) is 0 Å². The van der Waals surface area contributed by atoms with E-state index in [1.54, 1.807) is 0 Å². The Kier molecular flexibility index (Phi) is 6.52. The molecule has 37 heavy (non-hydrogen) atoms. The number of ether oxygens (including phenoxy) is 2. The van der Waals surface area contributed by atoms with Crippen LogP contribution in [0.3, 0.4) is 0 Å². The Morgan fingerprint density at radius 3 is 1.92 bits per heavy atom. The maximum Gasteiger partial charge on any atom is 0.193 e. The van der Waals surface area contributed by atoms with Gasteiger partial charge >= 0.3 is 0 Å². The third-order valence-electron chi connectivity index (χ3n) is 7.33. The lowest BCUT2D eigenvalue weighted by molar-refractivity contribution is 0.0235. The molecule has 0 saturated heterocycles. The molecule has 1 aliphatic rings. The van der Waals surface area contributed by atoms with E-state index >= 15 is 0 Å². The molecule has 0 bridgehead atoms. The molecule has 5 aromatic carbocycles. The van der Waals surface area contributed by atoms with Gasteiger partial charge in [0.15, 0.2) is 17.1 Å². The van der Waals surface area contributed by atoms with Crippen molar-refractivity contribution in [3.05, 3.63) is 120 Å². The lowest BCUT2D eigenvalue weighted by Gasteiger charge is -2.40. The zero-order valence-corrected chi connectivity index (χ0v) is 21.0. The van der Waals surface area contributed by atoms with Crippen LogP contribution in [0.5, 0.6) is 11.5 Å². The second-order valence-corrected chi connectivity index (χ2v) is 9.70. The molecule has 0 saturated carbocycles. The Hall–Kier alpha value is -3.86. The van der Waals surface area contributed by atoms with E-state index in [-0.39, 0.29) is 0 Å². The molecule has 6 rings (SSSR count). The van der Waals surface area contributed by atoms with Gasteiger partial charge in [0.1, 0.15) is 6.61 Å². The summed E-state index contributed by atoms with van der Waals surface area (Å²) in [6.45, 7) is 2.94. The van der Waals surface area contributed by atoms with Gasteiger partial charge in [0.05, 0.1) is 0 Å². The minimum atomic E-state index is -0.757. The van der Waals surface area contributed by atoms with Crippen molar-refractivity contribution in [3.8, 4) is 11.5 Å². The van der Waals surface area contributed by atoms with E-state index in [0.717, 1.165) is 65.9 Å². The molecule has 4 nitrogen and oxygen atoms in total. The topological polar surface area (TPSA) is 56.5 Å². The Morgan fingerprint density at radius 2 is 1.24 bits per heavy atom. The first kappa shape index (κ1) is 23.5. The molecule has 1 atom stereocenters. The fourth-order valence-corrected chi connectivity index (χ4v) is 5.38. The standard InChI is InChI=1S/C33H32N2O2/c34-20-8-9-21-35-22-24-16-18-26(19-17-24)33(25-10-2-1-3-11-25)23-36-31-29-14-6-4-12-27(29)28-13-5-7-15-30(28)32(31)37-33/h1-7,10-19,35H,8-9,20-23,34H2. The summed E-state index contributed by atoms with van der Waals surface area (Å²) in [5, 5.41) is 8.00. The highest BCUT2D eigenvalue weighted by molar-refractivity contribution is 6.13. The van der Waals surface area contributed by atoms with Crippen LogP contribution in [0.2, 0.25) is 0 Å². The first-order chi connectivity index (χ1) is 18.3. The SMILES string of the molecule is NCCCCNCc1ccc(C2(c3ccccc3)COc3c(c4ccccc4c4ccccc34)O2)cc1. The maximum atomic E-state index is 7.13. The molecule has 0 spiro atoms. The zero-order valence-electron chi connectivity index (χ0n) is 21.0. The van der Waals surface area contributed by atoms with Gasteiger partial charge in [-0.1, -0.05) is 103 Å². The summed E-state index contributed by atoms with van der Waals surface area (Å²) in [6, 6.07) is 36.0. The Balaban J connectivity index is 1.42. The van der Waals surface area contributed by atoms with Crippen LogP contribution in [0.4, 0.5) is 0 Å². The molecule has 0 amide bonds. The molecular weight excluding hydrogens is 456 g/mol. The van der Waals surface area contributed by atoms with E-state index in [1.165, 1.54) is 16.3 Å². The summed E-state index contributed by atoms with van der Waals surface area (Å²) < 4.78 is 13.8. The van der Waals surface area contributed by atoms with Gasteiger partial charge in [-0.25, -0.2) is 0 Å². The summed E-state index contributed by atoms with van der Waals surface area (Å²) in [5.74, 6) is 1.62. The largest absolute Gasteiger partial charge is 0.484 e. The van der Waals surface area contributed by atoms with Crippen molar-refractivity contribution in [2.75, 3.05) is 19.7 Å². The van der Waals surface area contributed by atoms with Crippen molar-refractivity contribution in [2.45, 2.75) is 25.0 Å². The molecule has 0 fully saturated rings. The molecule has 1 aliphatic heterocycles. The first-order valence-corrected chi connectivity index (χ1v) is 13.1. The predicted octanol–water partition coefficient (Wildman–Crippen LogP) is 6.54. The second kappa shape index (κ2) is 10.3. The number of unbranched alkanes of at least 4 members (excludes halogenated alkanes) is 1. The van der Waals surface area contributed by atoms with Gasteiger partial charge in [0.2, 0.25) is 0 Å². The number of nitrogens with one attached hydrogen (secondary N) is 1. The van der Waals surface area contributed by atoms with Crippen molar-refractivity contribution in [2.24, 2.45) is 5.73 Å². The zero-order chi connectivity index (χ0) is 25.1. The third-order valence-corrected chi connectivity index (χ3v) is 7.33. The van der Waals surface area contributed by atoms with Crippen LogP contribution in [-0.2, 0) is 12.1 Å². The second-order valence-electron chi connectivity index (χ2n) is 9.70. The number of fused-ring (bicyclic) bond motifs is 6. The smallest absolute Gasteiger partial charge is 0.193 e. The van der Waals surface area contributed by atoms with E-state index < -0.39 is 5.60 Å². The van der Waals surface area contributed by atoms with Gasteiger partial charge in [-0.05, 0) is 42.3 Å². The quantitative estimate of drug-likeness (QED) is 0.192. The maximum absolute atomic E-state index is 7.13. The number of rotatable bonds is 8. The van der Waals surface area contributed by atoms with Gasteiger partial charge in [-0.15, -0.1) is 0 Å². The average molecular weight is 489 g/mol. The van der Waals surface area contributed by atoms with E-state index in [4.69, 9.17) is 15.2 Å². The molecule has 1 heterocycles. The van der Waals surface area contributed by atoms with Crippen LogP contribution >= 0.6 is 0 Å². The summed E-state index contributed by atoms with van der Waals surface area (Å²) in [5.41, 5.74) is 8.25. The Morgan fingerprint density at radius 1 is 0.649 bits per heavy atom. The third kappa shape index (κ3) is 4.33. The number of hydrogen-bond acceptors (Lipinski definition) is 4. The lowest BCUT2D eigenvalue weighted by Crippen LogP contribution is -2.43. The summed E-state index contributed by atoms with van der Waals surface area (Å²) in [4.78, 5) is 0. The van der Waals surface area contributed by atoms with Crippen LogP contribution in [0.1, 0.15) is 29.5 Å². The summed E-state index contributed by atoms with van der Waals surface area (Å²) in [6.07, 6.45) is 2.15. The monoisotopic (exact) mass is 488 g/mol. The molecule has 186 valence electrons. The van der Waals surface area contributed by atoms with Crippen LogP contribution in [0.25, 0.3) is 21.5 Å². The van der Waals surface area contributed by atoms with Crippen LogP contribution in [0.15, 0.2) is 103 Å². The molecule has 0 aliphatic carbocycles. The van der Waals surface area contributed by atoms with Crippen LogP contribution < -0.4 is 20.5 Å². The highest BCUT2D eigenvalue weighted by atomic mass is 16.6. The molecule has 0 aromatic heterocycles. The highest BCUT2D eigenvalue weighted by Crippen LogP contribution is 2.50. The van der Waals surface area contributed by atoms with Gasteiger partial charge < -0.3 is 20.5 Å². The number of hydrogen-bond donors (Lipinski definition) is 2. The van der Waals surface area contributed by atoms with Gasteiger partial charge in [0.25, 0.3) is 0 Å². The molecule has 5 aromatic rings. The van der Waals surface area contributed by atoms with Crippen molar-refractivity contribution >= 4 is 21.5 Å². The van der Waals surface area contributed by atoms with Gasteiger partial charge in [-0.3, -0.25) is 0 Å². The molecule has 1 unspecified atom stereocenters. The van der Waals surface area contributed by atoms with Crippen LogP contribution in [-0.4, -0.2) is 19.7 Å². The molecule has 3 N–H and O–H groups in total. The fourth-order valence-electron chi connectivity index (χ4n) is 5.38. The predicted molar refractivity (Wildman–Crippen MR) is 151 cm³/mol. The van der Waals surface area contributed by atoms with Crippen molar-refractivity contribution in [1.82, 2.24) is 5.32 Å². The summed E-state index contributed by atoms with van der Waals surface area (Å²) in [7, 11) is 0. The first-order valence-electron chi connectivity index (χ1n) is 13.1. The highest BCUT2D eigenvalue weighted by Gasteiger charge is 2.43. The normalized spacial score (nSPS) is 16.8. The number of benzene rings is 5. The van der Waals surface area contributed by atoms with E-state index in [9.17, 15) is 0 Å². The minimum absolute atomic E-state index is 0.392. The fraction of sp³-hybridized carbons (Fsp3) is 0.212. The number of nitrogens with two attached hydrogens (primary N) is 1. The van der Waals surface area contributed by atoms with Crippen LogP contribution in [0, 0.1) is 0 Å². The molecular formula is C33H32N2O2. The van der Waals surface area contributed by atoms with E-state index in [1.807, 2.05) is 6.07 Å². The Bertz CT molecular complexity index is 1520. The average Bonchev–Trinajstić information content (AvgIpc) is 2.98. The molecule has 0 radical (unpaired) electrons. The van der Waals surface area contributed by atoms with Crippen molar-refractivity contribution in [3.63, 3.8) is 0 Å². The Labute approximate surface area is 218 Å². The van der Waals surface area contributed by atoms with E-state index in [0.29, 0.717) is 6.61 Å². The minimum Gasteiger partial charge on any atom is -0.484 e. The van der Waals surface area contributed by atoms with Gasteiger partial charge in [-0.2, -0.15) is 0 Å². The lowest BCUT2D eigenvalue weighted by atomic mass is 9.85. The molecule has 4 heteroatoms. The van der Waals surface area contributed by atoms with E-state index in [2.05, 4.69) is 102 Å².